The first-order valence-electron chi connectivity index (χ1n) is 10.8. The lowest BCUT2D eigenvalue weighted by Crippen LogP contribution is -2.47. The van der Waals surface area contributed by atoms with Gasteiger partial charge >= 0.3 is 0 Å². The van der Waals surface area contributed by atoms with Crippen LogP contribution in [0.15, 0.2) is 41.3 Å². The number of carbonyl (C=O) groups excluding carboxylic acids is 1. The van der Waals surface area contributed by atoms with Gasteiger partial charge in [0.25, 0.3) is 5.91 Å². The molecule has 0 saturated carbocycles. The van der Waals surface area contributed by atoms with E-state index in [-0.39, 0.29) is 16.8 Å². The van der Waals surface area contributed by atoms with Crippen LogP contribution < -0.4 is 5.32 Å². The van der Waals surface area contributed by atoms with Gasteiger partial charge in [0.1, 0.15) is 0 Å². The van der Waals surface area contributed by atoms with Crippen molar-refractivity contribution in [2.45, 2.75) is 45.1 Å². The van der Waals surface area contributed by atoms with Crippen molar-refractivity contribution in [2.75, 3.05) is 33.2 Å². The molecule has 2 aromatic rings. The SMILES string of the molecule is CCC(NC(=O)c1cc(S(=O)(=O)N2CCN(C)CC2)ccc1C)c1ccc(C)cc1C. The van der Waals surface area contributed by atoms with Crippen LogP contribution in [0.2, 0.25) is 0 Å². The van der Waals surface area contributed by atoms with Gasteiger partial charge < -0.3 is 10.2 Å². The van der Waals surface area contributed by atoms with Gasteiger partial charge in [-0.15, -0.1) is 0 Å². The fourth-order valence-electron chi connectivity index (χ4n) is 4.04. The second-order valence-corrected chi connectivity index (χ2v) is 10.4. The molecule has 1 N–H and O–H groups in total. The highest BCUT2D eigenvalue weighted by Gasteiger charge is 2.28. The molecule has 168 valence electrons. The Labute approximate surface area is 186 Å². The lowest BCUT2D eigenvalue weighted by atomic mass is 9.97. The van der Waals surface area contributed by atoms with Crippen molar-refractivity contribution in [3.8, 4) is 0 Å². The number of benzene rings is 2. The van der Waals surface area contributed by atoms with Gasteiger partial charge in [-0.25, -0.2) is 8.42 Å². The normalized spacial score (nSPS) is 16.8. The van der Waals surface area contributed by atoms with Crippen LogP contribution in [-0.4, -0.2) is 56.8 Å². The molecule has 1 aliphatic heterocycles. The average molecular weight is 444 g/mol. The highest BCUT2D eigenvalue weighted by Crippen LogP contribution is 2.24. The summed E-state index contributed by atoms with van der Waals surface area (Å²) in [5.41, 5.74) is 4.55. The number of hydrogen-bond acceptors (Lipinski definition) is 4. The van der Waals surface area contributed by atoms with Gasteiger partial charge in [0.15, 0.2) is 0 Å². The molecule has 7 heteroatoms. The first-order valence-corrected chi connectivity index (χ1v) is 12.2. The smallest absolute Gasteiger partial charge is 0.252 e. The maximum atomic E-state index is 13.2. The summed E-state index contributed by atoms with van der Waals surface area (Å²) in [6, 6.07) is 10.9. The Bertz CT molecular complexity index is 1060. The van der Waals surface area contributed by atoms with E-state index in [9.17, 15) is 13.2 Å². The van der Waals surface area contributed by atoms with Crippen LogP contribution in [0.4, 0.5) is 0 Å². The average Bonchev–Trinajstić information content (AvgIpc) is 2.72. The van der Waals surface area contributed by atoms with E-state index in [0.717, 1.165) is 23.1 Å². The van der Waals surface area contributed by atoms with Crippen molar-refractivity contribution >= 4 is 15.9 Å². The van der Waals surface area contributed by atoms with Crippen LogP contribution >= 0.6 is 0 Å². The van der Waals surface area contributed by atoms with Gasteiger partial charge in [-0.05, 0) is 63.1 Å². The van der Waals surface area contributed by atoms with Crippen molar-refractivity contribution < 1.29 is 13.2 Å². The summed E-state index contributed by atoms with van der Waals surface area (Å²) < 4.78 is 27.8. The maximum absolute atomic E-state index is 13.2. The summed E-state index contributed by atoms with van der Waals surface area (Å²) >= 11 is 0. The lowest BCUT2D eigenvalue weighted by Gasteiger charge is -2.31. The van der Waals surface area contributed by atoms with E-state index in [0.29, 0.717) is 31.7 Å². The van der Waals surface area contributed by atoms with Gasteiger partial charge in [-0.1, -0.05) is 36.8 Å². The third kappa shape index (κ3) is 5.17. The van der Waals surface area contributed by atoms with Crippen LogP contribution in [0.1, 0.15) is 52.0 Å². The zero-order valence-electron chi connectivity index (χ0n) is 19.1. The second-order valence-electron chi connectivity index (χ2n) is 8.48. The number of amides is 1. The molecule has 6 nitrogen and oxygen atoms in total. The first kappa shape index (κ1) is 23.4. The standard InChI is InChI=1S/C24H33N3O3S/c1-6-23(21-10-7-17(2)15-19(21)4)25-24(28)22-16-20(9-8-18(22)3)31(29,30)27-13-11-26(5)12-14-27/h7-10,15-16,23H,6,11-14H2,1-5H3,(H,25,28). The Morgan fingerprint density at radius 2 is 1.68 bits per heavy atom. The summed E-state index contributed by atoms with van der Waals surface area (Å²) in [6.07, 6.45) is 0.744. The summed E-state index contributed by atoms with van der Waals surface area (Å²) in [6.45, 7) is 10.3. The minimum atomic E-state index is -3.63. The number of hydrogen-bond donors (Lipinski definition) is 1. The summed E-state index contributed by atoms with van der Waals surface area (Å²) in [7, 11) is -1.64. The molecule has 1 fully saturated rings. The molecule has 1 unspecified atom stereocenters. The van der Waals surface area contributed by atoms with Gasteiger partial charge in [-0.2, -0.15) is 4.31 Å². The molecule has 0 bridgehead atoms. The Morgan fingerprint density at radius 3 is 2.29 bits per heavy atom. The van der Waals surface area contributed by atoms with Crippen molar-refractivity contribution in [3.05, 3.63) is 64.2 Å². The minimum Gasteiger partial charge on any atom is -0.345 e. The van der Waals surface area contributed by atoms with E-state index >= 15 is 0 Å². The molecule has 0 aromatic heterocycles. The van der Waals surface area contributed by atoms with Crippen molar-refractivity contribution in [3.63, 3.8) is 0 Å². The molecule has 31 heavy (non-hydrogen) atoms. The quantitative estimate of drug-likeness (QED) is 0.743. The molecular formula is C24H33N3O3S. The fourth-order valence-corrected chi connectivity index (χ4v) is 5.48. The van der Waals surface area contributed by atoms with Crippen LogP contribution in [-0.2, 0) is 10.0 Å². The van der Waals surface area contributed by atoms with E-state index in [1.807, 2.05) is 40.8 Å². The highest BCUT2D eigenvalue weighted by molar-refractivity contribution is 7.89. The molecule has 1 amide bonds. The molecule has 0 spiro atoms. The lowest BCUT2D eigenvalue weighted by molar-refractivity contribution is 0.0934. The first-order chi connectivity index (χ1) is 14.6. The van der Waals surface area contributed by atoms with Gasteiger partial charge in [0.05, 0.1) is 10.9 Å². The number of nitrogens with one attached hydrogen (secondary N) is 1. The van der Waals surface area contributed by atoms with Crippen LogP contribution in [0.5, 0.6) is 0 Å². The molecule has 2 aromatic carbocycles. The van der Waals surface area contributed by atoms with Crippen LogP contribution in [0, 0.1) is 20.8 Å². The van der Waals surface area contributed by atoms with E-state index < -0.39 is 10.0 Å². The number of piperazine rings is 1. The van der Waals surface area contributed by atoms with Gasteiger partial charge in [0.2, 0.25) is 10.0 Å². The highest BCUT2D eigenvalue weighted by atomic mass is 32.2. The number of sulfonamides is 1. The molecular weight excluding hydrogens is 410 g/mol. The molecule has 0 radical (unpaired) electrons. The maximum Gasteiger partial charge on any atom is 0.252 e. The van der Waals surface area contributed by atoms with Crippen molar-refractivity contribution in [1.29, 1.82) is 0 Å². The number of likely N-dealkylation sites (N-methyl/N-ethyl adjacent to an activating group) is 1. The molecule has 1 heterocycles. The van der Waals surface area contributed by atoms with Crippen molar-refractivity contribution in [1.82, 2.24) is 14.5 Å². The largest absolute Gasteiger partial charge is 0.345 e. The van der Waals surface area contributed by atoms with E-state index in [4.69, 9.17) is 0 Å². The molecule has 3 rings (SSSR count). The minimum absolute atomic E-state index is 0.134. The predicted octanol–water partition coefficient (Wildman–Crippen LogP) is 3.43. The monoisotopic (exact) mass is 443 g/mol. The van der Waals surface area contributed by atoms with Crippen LogP contribution in [0.3, 0.4) is 0 Å². The van der Waals surface area contributed by atoms with Gasteiger partial charge in [0, 0.05) is 31.7 Å². The Hall–Kier alpha value is -2.22. The van der Waals surface area contributed by atoms with Crippen LogP contribution in [0.25, 0.3) is 0 Å². The van der Waals surface area contributed by atoms with E-state index in [1.165, 1.54) is 15.9 Å². The molecule has 1 saturated heterocycles. The van der Waals surface area contributed by atoms with Crippen molar-refractivity contribution in [2.24, 2.45) is 0 Å². The topological polar surface area (TPSA) is 69.7 Å². The third-order valence-corrected chi connectivity index (χ3v) is 7.96. The Morgan fingerprint density at radius 1 is 1.00 bits per heavy atom. The zero-order valence-corrected chi connectivity index (χ0v) is 19.9. The number of rotatable bonds is 6. The number of nitrogens with zero attached hydrogens (tertiary/aromatic N) is 2. The third-order valence-electron chi connectivity index (χ3n) is 6.07. The van der Waals surface area contributed by atoms with E-state index in [1.54, 1.807) is 12.1 Å². The Balaban J connectivity index is 1.86. The zero-order chi connectivity index (χ0) is 22.8. The molecule has 1 aliphatic rings. The second kappa shape index (κ2) is 9.51. The molecule has 1 atom stereocenters. The predicted molar refractivity (Wildman–Crippen MR) is 124 cm³/mol. The van der Waals surface area contributed by atoms with E-state index in [2.05, 4.69) is 22.3 Å². The summed E-state index contributed by atoms with van der Waals surface area (Å²) in [4.78, 5) is 15.4. The Kier molecular flexibility index (Phi) is 7.19. The fraction of sp³-hybridized carbons (Fsp3) is 0.458. The summed E-state index contributed by atoms with van der Waals surface area (Å²) in [5, 5.41) is 3.11. The molecule has 0 aliphatic carbocycles. The van der Waals surface area contributed by atoms with Gasteiger partial charge in [-0.3, -0.25) is 4.79 Å². The number of carbonyl (C=O) groups is 1. The number of aryl methyl sites for hydroxylation is 3. The summed E-state index contributed by atoms with van der Waals surface area (Å²) in [5.74, 6) is -0.250.